The summed E-state index contributed by atoms with van der Waals surface area (Å²) in [4.78, 5) is 28.8. The van der Waals surface area contributed by atoms with Gasteiger partial charge in [-0.1, -0.05) is 70.7 Å². The number of nitrogens with zero attached hydrogens (tertiary/aromatic N) is 6. The van der Waals surface area contributed by atoms with Gasteiger partial charge in [0.15, 0.2) is 0 Å². The van der Waals surface area contributed by atoms with Gasteiger partial charge < -0.3 is 59.5 Å². The molecule has 2 atom stereocenters. The number of benzene rings is 4. The Hall–Kier alpha value is -4.80. The van der Waals surface area contributed by atoms with Crippen molar-refractivity contribution in [1.29, 1.82) is 0 Å². The average molecular weight is 1160 g/mol. The fourth-order valence-electron chi connectivity index (χ4n) is 9.74. The first kappa shape index (κ1) is 59.3. The van der Waals surface area contributed by atoms with Gasteiger partial charge in [0.1, 0.15) is 0 Å². The number of carbonyl (C=O) groups excluding carboxylic acids is 2. The Labute approximate surface area is 476 Å². The second-order valence-corrected chi connectivity index (χ2v) is 21.3. The quantitative estimate of drug-likeness (QED) is 0.0307. The predicted octanol–water partition coefficient (Wildman–Crippen LogP) is 8.33. The standard InChI is InChI=1S/C56H72Cl4N10O8/c1-67-35-47(45-29-43(57)31-51(59)49(45)37-67)39-5-7-41-33-69(65-53(41)27-39)13-17-75-21-25-77-23-19-73-15-11-63-55(71)61-9-3-4-10-62-56(72)64-12-16-74-20-24-78-26-22-76-18-14-70-34-42-8-6-40(28-54(42)66-70)48-36-68(2)38-50-46(48)30-44(58)32-52(50)60/h5-8,27-34,47-48H,3-4,9-26,35-38H2,1-2H3,(H2,61,63,71)(H2,62,64,72). The van der Waals surface area contributed by atoms with Gasteiger partial charge in [-0.2, -0.15) is 10.2 Å². The zero-order valence-corrected chi connectivity index (χ0v) is 47.5. The number of amides is 4. The van der Waals surface area contributed by atoms with E-state index < -0.39 is 0 Å². The van der Waals surface area contributed by atoms with Gasteiger partial charge in [-0.15, -0.1) is 0 Å². The van der Waals surface area contributed by atoms with Gasteiger partial charge in [0.2, 0.25) is 0 Å². The number of unbranched alkanes of at least 4 members (excludes halogenated alkanes) is 1. The molecule has 0 saturated heterocycles. The van der Waals surface area contributed by atoms with Gasteiger partial charge in [-0.3, -0.25) is 9.36 Å². The Kier molecular flexibility index (Phi) is 23.3. The summed E-state index contributed by atoms with van der Waals surface area (Å²) in [6, 6.07) is 20.1. The lowest BCUT2D eigenvalue weighted by Crippen LogP contribution is -2.39. The summed E-state index contributed by atoms with van der Waals surface area (Å²) in [6.45, 7) is 11.6. The highest BCUT2D eigenvalue weighted by Crippen LogP contribution is 2.40. The van der Waals surface area contributed by atoms with E-state index in [0.717, 1.165) is 59.1 Å². The van der Waals surface area contributed by atoms with E-state index in [2.05, 4.69) is 81.6 Å². The molecule has 0 saturated carbocycles. The normalized spacial score (nSPS) is 15.7. The summed E-state index contributed by atoms with van der Waals surface area (Å²) in [5, 5.41) is 25.7. The van der Waals surface area contributed by atoms with Crippen LogP contribution in [0.3, 0.4) is 0 Å². The molecule has 0 aliphatic carbocycles. The van der Waals surface area contributed by atoms with E-state index in [9.17, 15) is 9.59 Å². The summed E-state index contributed by atoms with van der Waals surface area (Å²) >= 11 is 26.0. The molecule has 22 heteroatoms. The van der Waals surface area contributed by atoms with Gasteiger partial charge in [0.25, 0.3) is 0 Å². The summed E-state index contributed by atoms with van der Waals surface area (Å²) in [5.74, 6) is 0.312. The highest BCUT2D eigenvalue weighted by molar-refractivity contribution is 6.35. The third-order valence-electron chi connectivity index (χ3n) is 13.6. The van der Waals surface area contributed by atoms with E-state index >= 15 is 0 Å². The van der Waals surface area contributed by atoms with Crippen molar-refractivity contribution < 1.29 is 38.0 Å². The van der Waals surface area contributed by atoms with E-state index in [1.807, 2.05) is 46.0 Å². The lowest BCUT2D eigenvalue weighted by molar-refractivity contribution is 0.0136. The minimum Gasteiger partial charge on any atom is -0.377 e. The van der Waals surface area contributed by atoms with Gasteiger partial charge in [0.05, 0.1) is 103 Å². The van der Waals surface area contributed by atoms with Crippen LogP contribution >= 0.6 is 46.4 Å². The number of nitrogens with one attached hydrogen (secondary N) is 4. The molecule has 6 aromatic rings. The number of rotatable bonds is 31. The van der Waals surface area contributed by atoms with Gasteiger partial charge in [0, 0.05) is 107 Å². The SMILES string of the molecule is CN1Cc2c(Cl)cc(Cl)cc2C(c2ccc3cn(CCOCCOCCOCCNC(=O)NCCCCNC(=O)NCCOCCOCCOCCn4cc5ccc(C6CN(C)Cc7c(Cl)cc(Cl)cc76)cc5n4)nc3c2)C1. The van der Waals surface area contributed by atoms with Crippen LogP contribution < -0.4 is 21.3 Å². The van der Waals surface area contributed by atoms with E-state index in [1.54, 1.807) is 0 Å². The van der Waals surface area contributed by atoms with Gasteiger partial charge in [-0.05, 0) is 96.7 Å². The number of fused-ring (bicyclic) bond motifs is 4. The first-order valence-corrected chi connectivity index (χ1v) is 28.3. The van der Waals surface area contributed by atoms with E-state index in [0.29, 0.717) is 151 Å². The van der Waals surface area contributed by atoms with Crippen molar-refractivity contribution in [1.82, 2.24) is 50.6 Å². The van der Waals surface area contributed by atoms with Crippen molar-refractivity contribution in [2.45, 2.75) is 50.9 Å². The molecule has 2 aliphatic rings. The van der Waals surface area contributed by atoms with Crippen LogP contribution in [0.2, 0.25) is 20.1 Å². The lowest BCUT2D eigenvalue weighted by Gasteiger charge is -2.33. The van der Waals surface area contributed by atoms with Crippen LogP contribution in [0.4, 0.5) is 9.59 Å². The highest BCUT2D eigenvalue weighted by atomic mass is 35.5. The Morgan fingerprint density at radius 1 is 0.500 bits per heavy atom. The van der Waals surface area contributed by atoms with Crippen LogP contribution in [0, 0.1) is 0 Å². The van der Waals surface area contributed by atoms with Crippen molar-refractivity contribution in [3.63, 3.8) is 0 Å². The maximum absolute atomic E-state index is 12.1. The number of hydrogen-bond acceptors (Lipinski definition) is 12. The van der Waals surface area contributed by atoms with E-state index in [1.165, 1.54) is 22.3 Å². The Morgan fingerprint density at radius 2 is 0.872 bits per heavy atom. The lowest BCUT2D eigenvalue weighted by atomic mass is 9.84. The molecule has 0 fully saturated rings. The number of carbonyl (C=O) groups is 2. The Morgan fingerprint density at radius 3 is 1.28 bits per heavy atom. The van der Waals surface area contributed by atoms with Crippen molar-refractivity contribution in [2.75, 3.05) is 133 Å². The molecule has 4 aromatic carbocycles. The van der Waals surface area contributed by atoms with Gasteiger partial charge >= 0.3 is 12.1 Å². The number of hydrogen-bond donors (Lipinski definition) is 4. The predicted molar refractivity (Wildman–Crippen MR) is 306 cm³/mol. The second-order valence-electron chi connectivity index (χ2n) is 19.6. The molecular weight excluding hydrogens is 1080 g/mol. The maximum Gasteiger partial charge on any atom is 0.314 e. The van der Waals surface area contributed by atoms with Crippen LogP contribution in [0.1, 0.15) is 58.1 Å². The van der Waals surface area contributed by atoms with E-state index in [4.69, 9.17) is 85.0 Å². The zero-order chi connectivity index (χ0) is 54.6. The summed E-state index contributed by atoms with van der Waals surface area (Å²) in [5.41, 5.74) is 8.86. The monoisotopic (exact) mass is 1150 g/mol. The number of ether oxygens (including phenoxy) is 6. The van der Waals surface area contributed by atoms with Crippen molar-refractivity contribution in [2.24, 2.45) is 0 Å². The minimum atomic E-state index is -0.265. The molecule has 2 unspecified atom stereocenters. The molecule has 4 N–H and O–H groups in total. The smallest absolute Gasteiger partial charge is 0.314 e. The average Bonchev–Trinajstić information content (AvgIpc) is 4.18. The topological polar surface area (TPSA) is 180 Å². The van der Waals surface area contributed by atoms with Crippen molar-refractivity contribution in [3.05, 3.63) is 127 Å². The number of aromatic nitrogens is 4. The third-order valence-corrected chi connectivity index (χ3v) is 14.7. The molecule has 0 radical (unpaired) electrons. The fourth-order valence-corrected chi connectivity index (χ4v) is 10.9. The third kappa shape index (κ3) is 17.9. The maximum atomic E-state index is 12.1. The summed E-state index contributed by atoms with van der Waals surface area (Å²) in [6.07, 6.45) is 5.51. The van der Waals surface area contributed by atoms with Crippen LogP contribution in [0.15, 0.2) is 73.1 Å². The highest BCUT2D eigenvalue weighted by Gasteiger charge is 2.29. The molecule has 0 spiro atoms. The second kappa shape index (κ2) is 30.7. The molecule has 8 rings (SSSR count). The molecule has 2 aliphatic heterocycles. The number of urea groups is 2. The zero-order valence-electron chi connectivity index (χ0n) is 44.5. The number of halogens is 4. The first-order valence-electron chi connectivity index (χ1n) is 26.7. The fraction of sp³-hybridized carbons (Fsp3) is 0.500. The first-order chi connectivity index (χ1) is 38.0. The largest absolute Gasteiger partial charge is 0.377 e. The minimum absolute atomic E-state index is 0.156. The molecular formula is C56H72Cl4N10O8. The number of likely N-dealkylation sites (N-methyl/N-ethyl adjacent to an activating group) is 2. The van der Waals surface area contributed by atoms with Crippen molar-refractivity contribution in [3.8, 4) is 0 Å². The summed E-state index contributed by atoms with van der Waals surface area (Å²) < 4.78 is 37.8. The molecule has 2 aromatic heterocycles. The Balaban J connectivity index is 0.549. The van der Waals surface area contributed by atoms with Crippen LogP contribution in [0.25, 0.3) is 21.8 Å². The molecule has 422 valence electrons. The molecule has 4 amide bonds. The van der Waals surface area contributed by atoms with Crippen LogP contribution in [0.5, 0.6) is 0 Å². The molecule has 78 heavy (non-hydrogen) atoms. The molecule has 18 nitrogen and oxygen atoms in total. The van der Waals surface area contributed by atoms with Crippen LogP contribution in [-0.2, 0) is 54.6 Å². The van der Waals surface area contributed by atoms with E-state index in [-0.39, 0.29) is 23.9 Å². The van der Waals surface area contributed by atoms with Gasteiger partial charge in [-0.25, -0.2) is 9.59 Å². The molecule has 4 heterocycles. The van der Waals surface area contributed by atoms with Crippen LogP contribution in [-0.4, -0.2) is 174 Å². The van der Waals surface area contributed by atoms with Crippen molar-refractivity contribution >= 4 is 80.3 Å². The molecule has 0 bridgehead atoms. The Bertz CT molecular complexity index is 2700. The summed E-state index contributed by atoms with van der Waals surface area (Å²) in [7, 11) is 4.22.